The second-order valence-corrected chi connectivity index (χ2v) is 6.32. The summed E-state index contributed by atoms with van der Waals surface area (Å²) in [6.45, 7) is 0. The van der Waals surface area contributed by atoms with Crippen molar-refractivity contribution in [2.24, 2.45) is 5.92 Å². The number of ketones is 1. The van der Waals surface area contributed by atoms with Gasteiger partial charge in [-0.1, -0.05) is 67.1 Å². The number of carbonyl (C=O) groups is 1. The summed E-state index contributed by atoms with van der Waals surface area (Å²) in [4.78, 5) is 12.5. The Bertz CT molecular complexity index is 581. The minimum absolute atomic E-state index is 0.000776. The van der Waals surface area contributed by atoms with Crippen molar-refractivity contribution < 1.29 is 9.53 Å². The van der Waals surface area contributed by atoms with Crippen molar-refractivity contribution in [3.63, 3.8) is 0 Å². The number of benzene rings is 2. The van der Waals surface area contributed by atoms with Gasteiger partial charge in [-0.05, 0) is 24.0 Å². The molecule has 1 aliphatic carbocycles. The standard InChI is InChI=1S/C21H24O2/c1-23-21(18-14-8-9-15-19(18)22)20(16-10-4-2-5-11-16)17-12-6-3-7-13-17/h2-7,10-13,18,20-21H,8-9,14-15H2,1H3. The number of hydrogen-bond acceptors (Lipinski definition) is 2. The average Bonchev–Trinajstić information content (AvgIpc) is 2.62. The molecule has 2 aromatic rings. The smallest absolute Gasteiger partial charge is 0.138 e. The van der Waals surface area contributed by atoms with E-state index in [1.165, 1.54) is 11.1 Å². The number of rotatable bonds is 5. The van der Waals surface area contributed by atoms with Crippen molar-refractivity contribution in [2.75, 3.05) is 7.11 Å². The van der Waals surface area contributed by atoms with Gasteiger partial charge in [0, 0.05) is 25.4 Å². The molecule has 0 aromatic heterocycles. The fourth-order valence-electron chi connectivity index (χ4n) is 3.78. The Morgan fingerprint density at radius 1 is 0.913 bits per heavy atom. The van der Waals surface area contributed by atoms with Gasteiger partial charge in [-0.3, -0.25) is 4.79 Å². The van der Waals surface area contributed by atoms with Crippen LogP contribution in [0, 0.1) is 5.92 Å². The first-order valence-corrected chi connectivity index (χ1v) is 8.46. The lowest BCUT2D eigenvalue weighted by Gasteiger charge is -2.34. The zero-order chi connectivity index (χ0) is 16.1. The molecule has 3 rings (SSSR count). The van der Waals surface area contributed by atoms with Crippen LogP contribution in [0.2, 0.25) is 0 Å². The van der Waals surface area contributed by atoms with E-state index in [4.69, 9.17) is 4.74 Å². The molecule has 0 radical (unpaired) electrons. The Labute approximate surface area is 138 Å². The van der Waals surface area contributed by atoms with Crippen LogP contribution in [0.25, 0.3) is 0 Å². The molecule has 0 N–H and O–H groups in total. The Kier molecular flexibility index (Phi) is 5.24. The lowest BCUT2D eigenvalue weighted by atomic mass is 9.75. The molecule has 2 aromatic carbocycles. The van der Waals surface area contributed by atoms with Gasteiger partial charge in [-0.25, -0.2) is 0 Å². The van der Waals surface area contributed by atoms with Crippen molar-refractivity contribution in [1.29, 1.82) is 0 Å². The monoisotopic (exact) mass is 308 g/mol. The molecule has 0 aliphatic heterocycles. The van der Waals surface area contributed by atoms with Crippen LogP contribution < -0.4 is 0 Å². The van der Waals surface area contributed by atoms with Gasteiger partial charge in [-0.2, -0.15) is 0 Å². The van der Waals surface area contributed by atoms with Crippen LogP contribution >= 0.6 is 0 Å². The zero-order valence-electron chi connectivity index (χ0n) is 13.7. The summed E-state index contributed by atoms with van der Waals surface area (Å²) in [7, 11) is 1.74. The predicted octanol–water partition coefficient (Wildman–Crippen LogP) is 4.59. The second kappa shape index (κ2) is 7.56. The fraction of sp³-hybridized carbons (Fsp3) is 0.381. The third-order valence-corrected chi connectivity index (χ3v) is 4.92. The highest BCUT2D eigenvalue weighted by atomic mass is 16.5. The molecule has 2 heteroatoms. The van der Waals surface area contributed by atoms with E-state index in [2.05, 4.69) is 48.5 Å². The summed E-state index contributed by atoms with van der Waals surface area (Å²) >= 11 is 0. The van der Waals surface area contributed by atoms with Crippen molar-refractivity contribution in [2.45, 2.75) is 37.7 Å². The van der Waals surface area contributed by atoms with Crippen LogP contribution in [-0.4, -0.2) is 19.0 Å². The Morgan fingerprint density at radius 3 is 1.96 bits per heavy atom. The van der Waals surface area contributed by atoms with Crippen LogP contribution in [0.3, 0.4) is 0 Å². The van der Waals surface area contributed by atoms with Crippen LogP contribution in [0.1, 0.15) is 42.7 Å². The summed E-state index contributed by atoms with van der Waals surface area (Å²) in [5.74, 6) is 0.452. The van der Waals surface area contributed by atoms with E-state index < -0.39 is 0 Å². The van der Waals surface area contributed by atoms with Crippen LogP contribution in [0.5, 0.6) is 0 Å². The molecule has 120 valence electrons. The molecule has 1 fully saturated rings. The normalized spacial score (nSPS) is 19.7. The lowest BCUT2D eigenvalue weighted by molar-refractivity contribution is -0.130. The maximum absolute atomic E-state index is 12.5. The maximum Gasteiger partial charge on any atom is 0.138 e. The zero-order valence-corrected chi connectivity index (χ0v) is 13.7. The van der Waals surface area contributed by atoms with E-state index in [0.29, 0.717) is 12.2 Å². The molecule has 1 saturated carbocycles. The summed E-state index contributed by atoms with van der Waals surface area (Å²) in [6, 6.07) is 20.8. The summed E-state index contributed by atoms with van der Waals surface area (Å²) < 4.78 is 5.91. The van der Waals surface area contributed by atoms with Crippen molar-refractivity contribution in [3.05, 3.63) is 71.8 Å². The second-order valence-electron chi connectivity index (χ2n) is 6.32. The predicted molar refractivity (Wildman–Crippen MR) is 92.5 cm³/mol. The minimum Gasteiger partial charge on any atom is -0.380 e. The van der Waals surface area contributed by atoms with Gasteiger partial charge in [0.15, 0.2) is 0 Å². The fourth-order valence-corrected chi connectivity index (χ4v) is 3.78. The van der Waals surface area contributed by atoms with Gasteiger partial charge in [0.25, 0.3) is 0 Å². The Balaban J connectivity index is 2.01. The molecule has 0 spiro atoms. The van der Waals surface area contributed by atoms with Crippen LogP contribution in [-0.2, 0) is 9.53 Å². The van der Waals surface area contributed by atoms with E-state index in [-0.39, 0.29) is 17.9 Å². The van der Waals surface area contributed by atoms with E-state index >= 15 is 0 Å². The Morgan fingerprint density at radius 2 is 1.48 bits per heavy atom. The highest BCUT2D eigenvalue weighted by molar-refractivity contribution is 5.82. The van der Waals surface area contributed by atoms with Gasteiger partial charge in [0.05, 0.1) is 6.10 Å². The third kappa shape index (κ3) is 3.53. The molecule has 2 unspecified atom stereocenters. The van der Waals surface area contributed by atoms with E-state index in [1.54, 1.807) is 7.11 Å². The number of ether oxygens (including phenoxy) is 1. The molecule has 2 atom stereocenters. The van der Waals surface area contributed by atoms with Gasteiger partial charge in [0.1, 0.15) is 5.78 Å². The lowest BCUT2D eigenvalue weighted by Crippen LogP contribution is -2.37. The van der Waals surface area contributed by atoms with E-state index in [9.17, 15) is 4.79 Å². The minimum atomic E-state index is -0.104. The molecule has 0 heterocycles. The number of Topliss-reactive ketones (excluding diaryl/α,β-unsaturated/α-hetero) is 1. The molecular formula is C21H24O2. The SMILES string of the molecule is COC(C1CCCCC1=O)C(c1ccccc1)c1ccccc1. The van der Waals surface area contributed by atoms with Crippen LogP contribution in [0.4, 0.5) is 0 Å². The van der Waals surface area contributed by atoms with Gasteiger partial charge in [-0.15, -0.1) is 0 Å². The number of carbonyl (C=O) groups excluding carboxylic acids is 1. The maximum atomic E-state index is 12.5. The van der Waals surface area contributed by atoms with Crippen LogP contribution in [0.15, 0.2) is 60.7 Å². The first-order valence-electron chi connectivity index (χ1n) is 8.46. The number of hydrogen-bond donors (Lipinski definition) is 0. The topological polar surface area (TPSA) is 26.3 Å². The van der Waals surface area contributed by atoms with Crippen molar-refractivity contribution in [1.82, 2.24) is 0 Å². The molecule has 0 saturated heterocycles. The summed E-state index contributed by atoms with van der Waals surface area (Å²) in [5, 5.41) is 0. The van der Waals surface area contributed by atoms with E-state index in [1.807, 2.05) is 12.1 Å². The number of methoxy groups -OCH3 is 1. The van der Waals surface area contributed by atoms with E-state index in [0.717, 1.165) is 19.3 Å². The summed E-state index contributed by atoms with van der Waals surface area (Å²) in [5.41, 5.74) is 2.42. The first-order chi connectivity index (χ1) is 11.3. The van der Waals surface area contributed by atoms with Gasteiger partial charge < -0.3 is 4.74 Å². The van der Waals surface area contributed by atoms with Crippen molar-refractivity contribution in [3.8, 4) is 0 Å². The summed E-state index contributed by atoms with van der Waals surface area (Å²) in [6.07, 6.45) is 3.67. The van der Waals surface area contributed by atoms with Gasteiger partial charge in [0.2, 0.25) is 0 Å². The molecule has 1 aliphatic rings. The first kappa shape index (κ1) is 15.9. The van der Waals surface area contributed by atoms with Gasteiger partial charge >= 0.3 is 0 Å². The average molecular weight is 308 g/mol. The highest BCUT2D eigenvalue weighted by Gasteiger charge is 2.36. The van der Waals surface area contributed by atoms with Crippen molar-refractivity contribution >= 4 is 5.78 Å². The molecule has 0 amide bonds. The molecular weight excluding hydrogens is 284 g/mol. The Hall–Kier alpha value is -1.93. The molecule has 2 nitrogen and oxygen atoms in total. The molecule has 0 bridgehead atoms. The molecule has 23 heavy (non-hydrogen) atoms. The third-order valence-electron chi connectivity index (χ3n) is 4.92. The highest BCUT2D eigenvalue weighted by Crippen LogP contribution is 2.37. The quantitative estimate of drug-likeness (QED) is 0.807. The largest absolute Gasteiger partial charge is 0.380 e.